The van der Waals surface area contributed by atoms with Gasteiger partial charge in [-0.2, -0.15) is 0 Å². The highest BCUT2D eigenvalue weighted by atomic mass is 16.2. The van der Waals surface area contributed by atoms with Gasteiger partial charge >= 0.3 is 0 Å². The van der Waals surface area contributed by atoms with E-state index < -0.39 is 0 Å². The number of carbonyl (C=O) groups is 1. The van der Waals surface area contributed by atoms with Crippen LogP contribution < -0.4 is 11.3 Å². The fraction of sp³-hybridized carbons (Fsp3) is 0.900. The lowest BCUT2D eigenvalue weighted by atomic mass is 10.1. The molecule has 1 heterocycles. The summed E-state index contributed by atoms with van der Waals surface area (Å²) >= 11 is 0. The van der Waals surface area contributed by atoms with Gasteiger partial charge in [-0.1, -0.05) is 6.92 Å². The lowest BCUT2D eigenvalue weighted by molar-refractivity contribution is -0.121. The van der Waals surface area contributed by atoms with Crippen molar-refractivity contribution < 1.29 is 4.79 Å². The van der Waals surface area contributed by atoms with Gasteiger partial charge in [0, 0.05) is 32.1 Å². The highest BCUT2D eigenvalue weighted by molar-refractivity contribution is 5.75. The Hall–Kier alpha value is -0.650. The third kappa shape index (κ3) is 3.44. The molecule has 0 radical (unpaired) electrons. The number of hydrogen-bond acceptors (Lipinski definition) is 4. The van der Waals surface area contributed by atoms with Crippen LogP contribution in [0.1, 0.15) is 13.3 Å². The van der Waals surface area contributed by atoms with Crippen molar-refractivity contribution in [3.05, 3.63) is 0 Å². The number of carbonyl (C=O) groups excluding carboxylic acids is 1. The molecule has 3 N–H and O–H groups in total. The van der Waals surface area contributed by atoms with Gasteiger partial charge in [-0.25, -0.2) is 5.84 Å². The second-order valence-electron chi connectivity index (χ2n) is 4.59. The summed E-state index contributed by atoms with van der Waals surface area (Å²) in [5, 5.41) is 0. The van der Waals surface area contributed by atoms with Crippen molar-refractivity contribution in [3.8, 4) is 0 Å². The number of likely N-dealkylation sites (tertiary alicyclic amines) is 1. The van der Waals surface area contributed by atoms with Crippen LogP contribution in [0.15, 0.2) is 0 Å². The maximum absolute atomic E-state index is 11.0. The Balaban J connectivity index is 2.32. The molecule has 1 rings (SSSR count). The Bertz CT molecular complexity index is 219. The molecule has 2 atom stereocenters. The molecule has 0 aromatic carbocycles. The first-order chi connectivity index (χ1) is 7.04. The monoisotopic (exact) mass is 214 g/mol. The van der Waals surface area contributed by atoms with Crippen LogP contribution >= 0.6 is 0 Å². The molecule has 1 fully saturated rings. The molecule has 2 unspecified atom stereocenters. The zero-order valence-corrected chi connectivity index (χ0v) is 9.86. The van der Waals surface area contributed by atoms with Gasteiger partial charge in [0.25, 0.3) is 0 Å². The smallest absolute Gasteiger partial charge is 0.235 e. The van der Waals surface area contributed by atoms with Crippen LogP contribution in [-0.4, -0.2) is 55.5 Å². The van der Waals surface area contributed by atoms with Crippen molar-refractivity contribution in [2.24, 2.45) is 11.8 Å². The third-order valence-corrected chi connectivity index (χ3v) is 3.13. The Kier molecular flexibility index (Phi) is 4.50. The van der Waals surface area contributed by atoms with E-state index in [1.165, 1.54) is 0 Å². The van der Waals surface area contributed by atoms with E-state index in [0.29, 0.717) is 18.4 Å². The third-order valence-electron chi connectivity index (χ3n) is 3.13. The molecule has 0 aliphatic carbocycles. The molecule has 15 heavy (non-hydrogen) atoms. The van der Waals surface area contributed by atoms with E-state index in [0.717, 1.165) is 19.6 Å². The first-order valence-corrected chi connectivity index (χ1v) is 5.42. The number of hydrogen-bond donors (Lipinski definition) is 2. The average Bonchev–Trinajstić information content (AvgIpc) is 2.56. The van der Waals surface area contributed by atoms with Gasteiger partial charge < -0.3 is 9.80 Å². The van der Waals surface area contributed by atoms with Gasteiger partial charge in [0.1, 0.15) is 0 Å². The molecule has 1 amide bonds. The molecular weight excluding hydrogens is 192 g/mol. The maximum atomic E-state index is 11.0. The number of nitrogens with two attached hydrogens (primary N) is 1. The van der Waals surface area contributed by atoms with Crippen molar-refractivity contribution in [1.82, 2.24) is 15.2 Å². The summed E-state index contributed by atoms with van der Waals surface area (Å²) in [5.74, 6) is 5.61. The number of rotatable bonds is 4. The summed E-state index contributed by atoms with van der Waals surface area (Å²) in [6.07, 6.45) is 0.489. The number of nitrogens with zero attached hydrogens (tertiary/aromatic N) is 2. The van der Waals surface area contributed by atoms with Crippen LogP contribution in [0, 0.1) is 5.92 Å². The van der Waals surface area contributed by atoms with E-state index in [4.69, 9.17) is 5.84 Å². The molecular formula is C10H22N4O. The largest absolute Gasteiger partial charge is 0.305 e. The minimum Gasteiger partial charge on any atom is -0.305 e. The SMILES string of the molecule is CC1CN(CCC(=O)NN)CC1N(C)C. The molecule has 5 heteroatoms. The zero-order valence-electron chi connectivity index (χ0n) is 9.86. The summed E-state index contributed by atoms with van der Waals surface area (Å²) in [5.41, 5.74) is 2.16. The van der Waals surface area contributed by atoms with E-state index in [9.17, 15) is 4.79 Å². The van der Waals surface area contributed by atoms with E-state index in [2.05, 4.69) is 36.2 Å². The lowest BCUT2D eigenvalue weighted by Gasteiger charge is -2.22. The summed E-state index contributed by atoms with van der Waals surface area (Å²) in [6, 6.07) is 0.603. The summed E-state index contributed by atoms with van der Waals surface area (Å²) < 4.78 is 0. The summed E-state index contributed by atoms with van der Waals surface area (Å²) in [6.45, 7) is 5.18. The van der Waals surface area contributed by atoms with Gasteiger partial charge in [0.2, 0.25) is 5.91 Å². The Morgan fingerprint density at radius 3 is 2.67 bits per heavy atom. The molecule has 88 valence electrons. The van der Waals surface area contributed by atoms with Crippen molar-refractivity contribution >= 4 is 5.91 Å². The van der Waals surface area contributed by atoms with E-state index in [-0.39, 0.29) is 5.91 Å². The Morgan fingerprint density at radius 1 is 1.53 bits per heavy atom. The van der Waals surface area contributed by atoms with Gasteiger partial charge in [-0.3, -0.25) is 10.2 Å². The predicted molar refractivity (Wildman–Crippen MR) is 60.0 cm³/mol. The quantitative estimate of drug-likeness (QED) is 0.367. The summed E-state index contributed by atoms with van der Waals surface area (Å²) in [4.78, 5) is 15.6. The topological polar surface area (TPSA) is 61.6 Å². The van der Waals surface area contributed by atoms with Crippen LogP contribution in [0.5, 0.6) is 0 Å². The molecule has 1 saturated heterocycles. The van der Waals surface area contributed by atoms with Gasteiger partial charge in [0.05, 0.1) is 0 Å². The first kappa shape index (κ1) is 12.4. The highest BCUT2D eigenvalue weighted by Crippen LogP contribution is 2.19. The minimum atomic E-state index is -0.0871. The second-order valence-corrected chi connectivity index (χ2v) is 4.59. The molecule has 0 bridgehead atoms. The normalized spacial score (nSPS) is 27.3. The van der Waals surface area contributed by atoms with Crippen molar-refractivity contribution in [3.63, 3.8) is 0 Å². The summed E-state index contributed by atoms with van der Waals surface area (Å²) in [7, 11) is 4.22. The number of amides is 1. The van der Waals surface area contributed by atoms with Crippen molar-refractivity contribution in [2.75, 3.05) is 33.7 Å². The highest BCUT2D eigenvalue weighted by Gasteiger charge is 2.30. The fourth-order valence-electron chi connectivity index (χ4n) is 2.23. The molecule has 0 spiro atoms. The van der Waals surface area contributed by atoms with Crippen molar-refractivity contribution in [2.45, 2.75) is 19.4 Å². The van der Waals surface area contributed by atoms with Crippen molar-refractivity contribution in [1.29, 1.82) is 0 Å². The van der Waals surface area contributed by atoms with Gasteiger partial charge in [-0.05, 0) is 20.0 Å². The average molecular weight is 214 g/mol. The van der Waals surface area contributed by atoms with Crippen LogP contribution in [0.3, 0.4) is 0 Å². The molecule has 1 aliphatic rings. The molecule has 1 aliphatic heterocycles. The molecule has 5 nitrogen and oxygen atoms in total. The van der Waals surface area contributed by atoms with E-state index in [1.54, 1.807) is 0 Å². The molecule has 0 saturated carbocycles. The van der Waals surface area contributed by atoms with Gasteiger partial charge in [-0.15, -0.1) is 0 Å². The van der Waals surface area contributed by atoms with Crippen LogP contribution in [0.2, 0.25) is 0 Å². The second kappa shape index (κ2) is 5.44. The van der Waals surface area contributed by atoms with E-state index in [1.807, 2.05) is 0 Å². The number of likely N-dealkylation sites (N-methyl/N-ethyl adjacent to an activating group) is 1. The first-order valence-electron chi connectivity index (χ1n) is 5.42. The Labute approximate surface area is 91.6 Å². The molecule has 0 aromatic heterocycles. The Morgan fingerprint density at radius 2 is 2.20 bits per heavy atom. The number of nitrogens with one attached hydrogen (secondary N) is 1. The minimum absolute atomic E-state index is 0.0871. The lowest BCUT2D eigenvalue weighted by Crippen LogP contribution is -2.36. The van der Waals surface area contributed by atoms with E-state index >= 15 is 0 Å². The van der Waals surface area contributed by atoms with Gasteiger partial charge in [0.15, 0.2) is 0 Å². The number of hydrazine groups is 1. The van der Waals surface area contributed by atoms with Crippen LogP contribution in [-0.2, 0) is 4.79 Å². The fourth-order valence-corrected chi connectivity index (χ4v) is 2.23. The van der Waals surface area contributed by atoms with Crippen LogP contribution in [0.4, 0.5) is 0 Å². The molecule has 0 aromatic rings. The maximum Gasteiger partial charge on any atom is 0.235 e. The standard InChI is InChI=1S/C10H22N4O/c1-8-6-14(5-4-10(15)12-11)7-9(8)13(2)3/h8-9H,4-7,11H2,1-3H3,(H,12,15). The van der Waals surface area contributed by atoms with Crippen LogP contribution in [0.25, 0.3) is 0 Å². The zero-order chi connectivity index (χ0) is 11.4. The predicted octanol–water partition coefficient (Wildman–Crippen LogP) is -0.752.